The van der Waals surface area contributed by atoms with Crippen molar-refractivity contribution in [3.8, 4) is 5.75 Å². The predicted molar refractivity (Wildman–Crippen MR) is 198 cm³/mol. The first-order valence-corrected chi connectivity index (χ1v) is 23.1. The summed E-state index contributed by atoms with van der Waals surface area (Å²) in [4.78, 5) is 0. The van der Waals surface area contributed by atoms with E-state index >= 15 is 0 Å². The molecule has 45 heavy (non-hydrogen) atoms. The number of methoxy groups -OCH3 is 1. The van der Waals surface area contributed by atoms with Crippen LogP contribution < -0.4 is 4.74 Å². The van der Waals surface area contributed by atoms with E-state index in [1.165, 1.54) is 0 Å². The smallest absolute Gasteiger partial charge is 0.192 e. The Hall–Kier alpha value is -1.23. The Kier molecular flexibility index (Phi) is 17.6. The van der Waals surface area contributed by atoms with Gasteiger partial charge in [-0.15, -0.1) is 0 Å². The highest BCUT2D eigenvalue weighted by Crippen LogP contribution is 2.40. The lowest BCUT2D eigenvalue weighted by Crippen LogP contribution is -2.47. The van der Waals surface area contributed by atoms with Crippen molar-refractivity contribution in [1.82, 2.24) is 0 Å². The van der Waals surface area contributed by atoms with Crippen LogP contribution in [-0.4, -0.2) is 54.3 Å². The first-order chi connectivity index (χ1) is 20.7. The number of allylic oxidation sites excluding steroid dienone is 2. The van der Waals surface area contributed by atoms with Gasteiger partial charge in [-0.1, -0.05) is 98.8 Å². The van der Waals surface area contributed by atoms with Gasteiger partial charge in [0.2, 0.25) is 0 Å². The molecule has 1 aromatic rings. The van der Waals surface area contributed by atoms with Crippen LogP contribution in [0, 0.1) is 17.8 Å². The number of hydrogen-bond acceptors (Lipinski definition) is 5. The molecule has 0 bridgehead atoms. The molecule has 7 heteroatoms. The molecule has 0 spiro atoms. The summed E-state index contributed by atoms with van der Waals surface area (Å²) in [5.41, 5.74) is 1.15. The van der Waals surface area contributed by atoms with E-state index in [9.17, 15) is 5.11 Å². The van der Waals surface area contributed by atoms with Gasteiger partial charge >= 0.3 is 0 Å². The summed E-state index contributed by atoms with van der Waals surface area (Å²) >= 11 is 0. The minimum atomic E-state index is -2.00. The molecule has 0 saturated carbocycles. The van der Waals surface area contributed by atoms with Gasteiger partial charge in [-0.05, 0) is 91.5 Å². The molecule has 0 radical (unpaired) electrons. The van der Waals surface area contributed by atoms with Gasteiger partial charge in [0.15, 0.2) is 16.6 Å². The molecule has 0 aliphatic carbocycles. The molecule has 260 valence electrons. The minimum Gasteiger partial charge on any atom is -0.497 e. The van der Waals surface area contributed by atoms with E-state index in [1.807, 2.05) is 30.3 Å². The SMILES string of the molecule is COc1ccc(COC[C@H](C)/C=C/CC/C=C/[C@@H](O)[C@H](C)[C@H](CC[C@@H](C)CO[Si](C)(C)C(C)(C)C)O[Si](C)(C)C(C)(C)C)cc1. The van der Waals surface area contributed by atoms with Gasteiger partial charge in [0, 0.05) is 12.5 Å². The van der Waals surface area contributed by atoms with Gasteiger partial charge in [0.1, 0.15) is 5.75 Å². The summed E-state index contributed by atoms with van der Waals surface area (Å²) < 4.78 is 24.6. The Labute approximate surface area is 280 Å². The highest BCUT2D eigenvalue weighted by Gasteiger charge is 2.41. The second-order valence-corrected chi connectivity index (χ2v) is 25.9. The van der Waals surface area contributed by atoms with Gasteiger partial charge in [-0.3, -0.25) is 0 Å². The van der Waals surface area contributed by atoms with Crippen LogP contribution in [-0.2, 0) is 20.2 Å². The number of benzene rings is 1. The molecule has 0 aliphatic rings. The number of unbranched alkanes of at least 4 members (excludes halogenated alkanes) is 1. The third-order valence-corrected chi connectivity index (χ3v) is 19.0. The van der Waals surface area contributed by atoms with E-state index in [0.717, 1.165) is 43.6 Å². The standard InChI is InChI=1S/C38H70O5Si2/c1-30(27-41-29-33-22-24-34(40-10)25-23-33)19-17-15-16-18-20-35(39)32(3)36(43-45(13,14)38(7,8)9)26-21-31(2)28-42-44(11,12)37(4,5)6/h17-20,22-25,30-32,35-36,39H,15-16,21,26-29H2,1-14H3/b19-17+,20-18+/t30-,31-,32+,35-,36+/m1/s1. The fraction of sp³-hybridized carbons (Fsp3) is 0.737. The van der Waals surface area contributed by atoms with Gasteiger partial charge in [-0.2, -0.15) is 0 Å². The lowest BCUT2D eigenvalue weighted by molar-refractivity contribution is 0.0420. The molecule has 0 heterocycles. The second kappa shape index (κ2) is 18.9. The zero-order chi connectivity index (χ0) is 34.5. The molecule has 0 unspecified atom stereocenters. The van der Waals surface area contributed by atoms with Crippen LogP contribution in [0.3, 0.4) is 0 Å². The average molecular weight is 663 g/mol. The molecule has 5 atom stereocenters. The Morgan fingerprint density at radius 1 is 0.778 bits per heavy atom. The maximum absolute atomic E-state index is 11.2. The van der Waals surface area contributed by atoms with Crippen molar-refractivity contribution in [2.24, 2.45) is 17.8 Å². The van der Waals surface area contributed by atoms with Crippen molar-refractivity contribution in [2.75, 3.05) is 20.3 Å². The van der Waals surface area contributed by atoms with Crippen LogP contribution in [0.1, 0.15) is 93.6 Å². The first-order valence-electron chi connectivity index (χ1n) is 17.2. The number of ether oxygens (including phenoxy) is 2. The summed E-state index contributed by atoms with van der Waals surface area (Å²) in [7, 11) is -2.09. The third kappa shape index (κ3) is 15.5. The van der Waals surface area contributed by atoms with Crippen LogP contribution in [0.15, 0.2) is 48.6 Å². The van der Waals surface area contributed by atoms with Gasteiger partial charge < -0.3 is 23.4 Å². The molecule has 0 aromatic heterocycles. The normalized spacial score (nSPS) is 17.0. The Morgan fingerprint density at radius 3 is 1.87 bits per heavy atom. The highest BCUT2D eigenvalue weighted by molar-refractivity contribution is 6.74. The monoisotopic (exact) mass is 662 g/mol. The molecule has 1 rings (SSSR count). The maximum Gasteiger partial charge on any atom is 0.192 e. The van der Waals surface area contributed by atoms with Crippen molar-refractivity contribution >= 4 is 16.6 Å². The van der Waals surface area contributed by atoms with Crippen molar-refractivity contribution in [3.05, 3.63) is 54.1 Å². The first kappa shape index (κ1) is 41.8. The van der Waals surface area contributed by atoms with Crippen LogP contribution in [0.5, 0.6) is 5.75 Å². The van der Waals surface area contributed by atoms with Crippen molar-refractivity contribution in [3.63, 3.8) is 0 Å². The molecule has 0 fully saturated rings. The molecular weight excluding hydrogens is 593 g/mol. The zero-order valence-electron chi connectivity index (χ0n) is 31.5. The number of rotatable bonds is 20. The molecule has 1 N–H and O–H groups in total. The van der Waals surface area contributed by atoms with E-state index in [-0.39, 0.29) is 22.1 Å². The molecule has 0 amide bonds. The summed E-state index contributed by atoms with van der Waals surface area (Å²) in [6.45, 7) is 31.7. The van der Waals surface area contributed by atoms with E-state index in [4.69, 9.17) is 18.3 Å². The van der Waals surface area contributed by atoms with Crippen molar-refractivity contribution < 1.29 is 23.4 Å². The molecular formula is C38H70O5Si2. The zero-order valence-corrected chi connectivity index (χ0v) is 33.5. The summed E-state index contributed by atoms with van der Waals surface area (Å²) in [5.74, 6) is 1.67. The number of hydrogen-bond donors (Lipinski definition) is 1. The Morgan fingerprint density at radius 2 is 1.33 bits per heavy atom. The second-order valence-electron chi connectivity index (χ2n) is 16.3. The highest BCUT2D eigenvalue weighted by atomic mass is 28.4. The fourth-order valence-electron chi connectivity index (χ4n) is 4.38. The van der Waals surface area contributed by atoms with Crippen LogP contribution in [0.2, 0.25) is 36.3 Å². The number of aliphatic hydroxyl groups excluding tert-OH is 1. The van der Waals surface area contributed by atoms with Gasteiger partial charge in [-0.25, -0.2) is 0 Å². The topological polar surface area (TPSA) is 57.2 Å². The number of aliphatic hydroxyl groups is 1. The van der Waals surface area contributed by atoms with Crippen LogP contribution in [0.25, 0.3) is 0 Å². The van der Waals surface area contributed by atoms with Crippen molar-refractivity contribution in [1.29, 1.82) is 0 Å². The van der Waals surface area contributed by atoms with E-state index in [0.29, 0.717) is 25.0 Å². The average Bonchev–Trinajstić information content (AvgIpc) is 2.94. The Balaban J connectivity index is 2.63. The third-order valence-electron chi connectivity index (χ3n) is 9.96. The van der Waals surface area contributed by atoms with Crippen LogP contribution >= 0.6 is 0 Å². The van der Waals surface area contributed by atoms with E-state index in [2.05, 4.69) is 107 Å². The fourth-order valence-corrected chi connectivity index (χ4v) is 6.95. The van der Waals surface area contributed by atoms with Gasteiger partial charge in [0.25, 0.3) is 0 Å². The quantitative estimate of drug-likeness (QED) is 0.0855. The van der Waals surface area contributed by atoms with Gasteiger partial charge in [0.05, 0.1) is 32.5 Å². The predicted octanol–water partition coefficient (Wildman–Crippen LogP) is 10.6. The van der Waals surface area contributed by atoms with Crippen molar-refractivity contribution in [2.45, 2.75) is 143 Å². The largest absolute Gasteiger partial charge is 0.497 e. The maximum atomic E-state index is 11.2. The van der Waals surface area contributed by atoms with E-state index in [1.54, 1.807) is 7.11 Å². The van der Waals surface area contributed by atoms with Crippen LogP contribution in [0.4, 0.5) is 0 Å². The van der Waals surface area contributed by atoms with E-state index < -0.39 is 22.7 Å². The molecule has 1 aromatic carbocycles. The molecule has 0 saturated heterocycles. The lowest BCUT2D eigenvalue weighted by Gasteiger charge is -2.42. The summed E-state index contributed by atoms with van der Waals surface area (Å²) in [6, 6.07) is 8.00. The molecule has 0 aliphatic heterocycles. The Bertz CT molecular complexity index is 1000. The summed E-state index contributed by atoms with van der Waals surface area (Å²) in [6.07, 6.45) is 11.8. The lowest BCUT2D eigenvalue weighted by atomic mass is 9.92. The summed E-state index contributed by atoms with van der Waals surface area (Å²) in [5, 5.41) is 11.5. The minimum absolute atomic E-state index is 0.0134. The molecule has 5 nitrogen and oxygen atoms in total.